The average Bonchev–Trinajstić information content (AvgIpc) is 2.55. The fourth-order valence-corrected chi connectivity index (χ4v) is 3.07. The van der Waals surface area contributed by atoms with Crippen LogP contribution in [0, 0.1) is 0 Å². The molecule has 0 saturated heterocycles. The molecule has 0 saturated carbocycles. The minimum Gasteiger partial charge on any atom is -0.290 e. The van der Waals surface area contributed by atoms with Gasteiger partial charge in [0.05, 0.1) is 27.8 Å². The molecule has 0 bridgehead atoms. The van der Waals surface area contributed by atoms with Crippen LogP contribution in [0.5, 0.6) is 0 Å². The minimum atomic E-state index is 0.263. The molecule has 0 N–H and O–H groups in total. The van der Waals surface area contributed by atoms with Crippen molar-refractivity contribution in [2.75, 3.05) is 18.6 Å². The normalized spacial score (nSPS) is 18.2. The Morgan fingerprint density at radius 3 is 2.44 bits per heavy atom. The Kier molecular flexibility index (Phi) is 3.45. The predicted molar refractivity (Wildman–Crippen MR) is 72.8 cm³/mol. The van der Waals surface area contributed by atoms with Crippen LogP contribution in [-0.4, -0.2) is 23.4 Å². The van der Waals surface area contributed by atoms with E-state index in [4.69, 9.17) is 11.6 Å². The van der Waals surface area contributed by atoms with Gasteiger partial charge < -0.3 is 0 Å². The lowest BCUT2D eigenvalue weighted by atomic mass is 10.3. The van der Waals surface area contributed by atoms with E-state index in [9.17, 15) is 0 Å². The molecule has 1 aromatic carbocycles. The quantitative estimate of drug-likeness (QED) is 0.770. The number of hydrogen-bond donors (Lipinski definition) is 0. The molecular weight excluding hydrogens is 288 g/mol. The fourth-order valence-electron chi connectivity index (χ4n) is 1.96. The Bertz CT molecular complexity index is 403. The van der Waals surface area contributed by atoms with Gasteiger partial charge in [0.15, 0.2) is 0 Å². The highest BCUT2D eigenvalue weighted by Crippen LogP contribution is 2.33. The molecule has 1 unspecified atom stereocenters. The highest BCUT2D eigenvalue weighted by atomic mass is 79.9. The number of nitrogens with zero attached hydrogens (tertiary/aromatic N) is 2. The molecule has 1 aliphatic heterocycles. The number of rotatable bonds is 2. The smallest absolute Gasteiger partial charge is 0.0771 e. The summed E-state index contributed by atoms with van der Waals surface area (Å²) < 4.78 is 0. The molecule has 0 fully saturated rings. The Morgan fingerprint density at radius 1 is 1.31 bits per heavy atom. The summed E-state index contributed by atoms with van der Waals surface area (Å²) >= 11 is 9.85. The second kappa shape index (κ2) is 4.68. The molecule has 0 amide bonds. The van der Waals surface area contributed by atoms with Crippen LogP contribution in [0.4, 0.5) is 5.69 Å². The van der Waals surface area contributed by atoms with Crippen molar-refractivity contribution in [3.63, 3.8) is 0 Å². The van der Waals surface area contributed by atoms with Crippen LogP contribution in [0.3, 0.4) is 0 Å². The Morgan fingerprint density at radius 2 is 1.94 bits per heavy atom. The number of allylic oxidation sites excluding steroid dienone is 1. The Balaban J connectivity index is 2.26. The van der Waals surface area contributed by atoms with Gasteiger partial charge in [0.1, 0.15) is 0 Å². The van der Waals surface area contributed by atoms with Gasteiger partial charge in [-0.2, -0.15) is 0 Å². The summed E-state index contributed by atoms with van der Waals surface area (Å²) in [6.45, 7) is 2.83. The Labute approximate surface area is 110 Å². The van der Waals surface area contributed by atoms with E-state index in [2.05, 4.69) is 45.0 Å². The molecule has 0 aliphatic carbocycles. The van der Waals surface area contributed by atoms with E-state index in [1.54, 1.807) is 0 Å². The first-order chi connectivity index (χ1) is 7.61. The van der Waals surface area contributed by atoms with Gasteiger partial charge in [0.2, 0.25) is 0 Å². The van der Waals surface area contributed by atoms with Gasteiger partial charge >= 0.3 is 0 Å². The topological polar surface area (TPSA) is 6.48 Å². The van der Waals surface area contributed by atoms with Gasteiger partial charge in [-0.15, -0.1) is 0 Å². The zero-order valence-corrected chi connectivity index (χ0v) is 11.7. The summed E-state index contributed by atoms with van der Waals surface area (Å²) in [5.74, 6) is 0. The van der Waals surface area contributed by atoms with Crippen LogP contribution in [0.15, 0.2) is 41.1 Å². The van der Waals surface area contributed by atoms with Crippen molar-refractivity contribution in [3.8, 4) is 0 Å². The average molecular weight is 302 g/mol. The van der Waals surface area contributed by atoms with E-state index in [1.165, 1.54) is 0 Å². The van der Waals surface area contributed by atoms with Crippen LogP contribution in [-0.2, 0) is 0 Å². The minimum absolute atomic E-state index is 0.263. The lowest BCUT2D eigenvalue weighted by Crippen LogP contribution is -2.35. The molecule has 0 spiro atoms. The molecule has 86 valence electrons. The van der Waals surface area contributed by atoms with E-state index in [1.807, 2.05) is 25.2 Å². The second-order valence-electron chi connectivity index (χ2n) is 3.82. The molecule has 0 aromatic heterocycles. The molecule has 4 heteroatoms. The molecule has 2 nitrogen and oxygen atoms in total. The van der Waals surface area contributed by atoms with Crippen LogP contribution in [0.2, 0.25) is 0 Å². The zero-order chi connectivity index (χ0) is 11.7. The Hall–Kier alpha value is -0.670. The molecule has 1 aliphatic rings. The lowest BCUT2D eigenvalue weighted by molar-refractivity contribution is 0.414. The van der Waals surface area contributed by atoms with Crippen LogP contribution >= 0.6 is 27.5 Å². The molecule has 1 atom stereocenters. The standard InChI is InChI=1S/C12H14BrClN2/c1-9(13)12-11(14)8-16(15(12)2)10-6-4-3-5-7-10/h3-7,9H,8H2,1-2H3. The van der Waals surface area contributed by atoms with Crippen LogP contribution in [0.25, 0.3) is 0 Å². The zero-order valence-electron chi connectivity index (χ0n) is 9.32. The lowest BCUT2D eigenvalue weighted by Gasteiger charge is -2.31. The number of hydrazine groups is 1. The number of alkyl halides is 1. The first-order valence-corrected chi connectivity index (χ1v) is 6.49. The third kappa shape index (κ3) is 2.06. The molecule has 16 heavy (non-hydrogen) atoms. The maximum absolute atomic E-state index is 6.28. The highest BCUT2D eigenvalue weighted by Gasteiger charge is 2.28. The van der Waals surface area contributed by atoms with Gasteiger partial charge in [-0.05, 0) is 19.1 Å². The van der Waals surface area contributed by atoms with Crippen LogP contribution in [0.1, 0.15) is 6.92 Å². The van der Waals surface area contributed by atoms with Crippen molar-refractivity contribution in [3.05, 3.63) is 41.1 Å². The SMILES string of the molecule is CC(Br)C1=C(Cl)CN(c2ccccc2)N1C. The van der Waals surface area contributed by atoms with E-state index >= 15 is 0 Å². The summed E-state index contributed by atoms with van der Waals surface area (Å²) in [7, 11) is 2.04. The molecule has 1 heterocycles. The number of anilines is 1. The molecule has 0 radical (unpaired) electrons. The van der Waals surface area contributed by atoms with E-state index in [0.717, 1.165) is 23.0 Å². The molecular formula is C12H14BrClN2. The second-order valence-corrected chi connectivity index (χ2v) is 5.65. The number of halogens is 2. The van der Waals surface area contributed by atoms with Crippen molar-refractivity contribution in [1.82, 2.24) is 5.01 Å². The third-order valence-electron chi connectivity index (χ3n) is 2.71. The van der Waals surface area contributed by atoms with Crippen molar-refractivity contribution >= 4 is 33.2 Å². The first kappa shape index (κ1) is 11.8. The third-order valence-corrected chi connectivity index (χ3v) is 3.46. The van der Waals surface area contributed by atoms with Crippen molar-refractivity contribution < 1.29 is 0 Å². The summed E-state index contributed by atoms with van der Waals surface area (Å²) in [5.41, 5.74) is 2.29. The number of para-hydroxylation sites is 1. The maximum atomic E-state index is 6.28. The van der Waals surface area contributed by atoms with Crippen molar-refractivity contribution in [2.45, 2.75) is 11.8 Å². The highest BCUT2D eigenvalue weighted by molar-refractivity contribution is 9.09. The van der Waals surface area contributed by atoms with Crippen molar-refractivity contribution in [1.29, 1.82) is 0 Å². The van der Waals surface area contributed by atoms with Crippen LogP contribution < -0.4 is 5.01 Å². The van der Waals surface area contributed by atoms with E-state index < -0.39 is 0 Å². The van der Waals surface area contributed by atoms with Crippen molar-refractivity contribution in [2.24, 2.45) is 0 Å². The summed E-state index contributed by atoms with van der Waals surface area (Å²) in [4.78, 5) is 0.263. The summed E-state index contributed by atoms with van der Waals surface area (Å²) in [6.07, 6.45) is 0. The molecule has 1 aromatic rings. The largest absolute Gasteiger partial charge is 0.290 e. The predicted octanol–water partition coefficient (Wildman–Crippen LogP) is 3.59. The van der Waals surface area contributed by atoms with E-state index in [-0.39, 0.29) is 4.83 Å². The first-order valence-electron chi connectivity index (χ1n) is 5.20. The summed E-state index contributed by atoms with van der Waals surface area (Å²) in [6, 6.07) is 10.3. The monoisotopic (exact) mass is 300 g/mol. The van der Waals surface area contributed by atoms with Gasteiger partial charge in [-0.1, -0.05) is 45.7 Å². The van der Waals surface area contributed by atoms with E-state index in [0.29, 0.717) is 0 Å². The van der Waals surface area contributed by atoms with Gasteiger partial charge in [-0.25, -0.2) is 0 Å². The molecule has 2 rings (SSSR count). The van der Waals surface area contributed by atoms with Gasteiger partial charge in [0, 0.05) is 7.05 Å². The van der Waals surface area contributed by atoms with Gasteiger partial charge in [-0.3, -0.25) is 10.0 Å². The summed E-state index contributed by atoms with van der Waals surface area (Å²) in [5, 5.41) is 5.17. The van der Waals surface area contributed by atoms with Gasteiger partial charge in [0.25, 0.3) is 0 Å². The fraction of sp³-hybridized carbons (Fsp3) is 0.333. The number of hydrogen-bond acceptors (Lipinski definition) is 2. The number of benzene rings is 1. The maximum Gasteiger partial charge on any atom is 0.0771 e.